The van der Waals surface area contributed by atoms with Gasteiger partial charge >= 0.3 is 0 Å². The number of rotatable bonds is 5. The Morgan fingerprint density at radius 3 is 2.47 bits per heavy atom. The van der Waals surface area contributed by atoms with E-state index >= 15 is 0 Å². The van der Waals surface area contributed by atoms with Crippen LogP contribution in [0, 0.1) is 0 Å². The Labute approximate surface area is 106 Å². The van der Waals surface area contributed by atoms with E-state index in [2.05, 4.69) is 5.32 Å². The van der Waals surface area contributed by atoms with Crippen LogP contribution in [0.4, 0.5) is 0 Å². The predicted octanol–water partition coefficient (Wildman–Crippen LogP) is 0.921. The number of hydrogen-bond acceptors (Lipinski definition) is 3. The molecule has 5 heteroatoms. The molecular formula is C12H24N2O2S. The summed E-state index contributed by atoms with van der Waals surface area (Å²) in [4.78, 5) is 11.7. The zero-order chi connectivity index (χ0) is 12.7. The Morgan fingerprint density at radius 2 is 1.94 bits per heavy atom. The molecule has 1 saturated carbocycles. The molecule has 0 heterocycles. The van der Waals surface area contributed by atoms with Crippen LogP contribution >= 0.6 is 0 Å². The zero-order valence-electron chi connectivity index (χ0n) is 10.6. The lowest BCUT2D eigenvalue weighted by molar-refractivity contribution is -0.119. The summed E-state index contributed by atoms with van der Waals surface area (Å²) in [5.74, 6) is 0.00466. The van der Waals surface area contributed by atoms with Gasteiger partial charge in [0.05, 0.1) is 0 Å². The summed E-state index contributed by atoms with van der Waals surface area (Å²) in [5.41, 5.74) is 5.43. The molecule has 0 radical (unpaired) electrons. The molecule has 1 fully saturated rings. The highest BCUT2D eigenvalue weighted by atomic mass is 32.2. The Balaban J connectivity index is 2.30. The fraction of sp³-hybridized carbons (Fsp3) is 0.917. The third-order valence-corrected chi connectivity index (χ3v) is 4.91. The van der Waals surface area contributed by atoms with Crippen molar-refractivity contribution in [3.63, 3.8) is 0 Å². The molecule has 0 saturated heterocycles. The van der Waals surface area contributed by atoms with Crippen molar-refractivity contribution in [2.45, 2.75) is 56.7 Å². The van der Waals surface area contributed by atoms with E-state index in [1.165, 1.54) is 25.7 Å². The minimum absolute atomic E-state index is 0.0875. The smallest absolute Gasteiger partial charge is 0.232 e. The first-order chi connectivity index (χ1) is 8.13. The highest BCUT2D eigenvalue weighted by molar-refractivity contribution is 7.86. The van der Waals surface area contributed by atoms with E-state index in [-0.39, 0.29) is 23.0 Å². The van der Waals surface area contributed by atoms with Gasteiger partial charge in [0, 0.05) is 28.6 Å². The molecule has 0 aromatic rings. The SMILES string of the molecule is CC(CN)S(=O)CC(=O)NC1CCCCCC1. The van der Waals surface area contributed by atoms with E-state index in [9.17, 15) is 9.00 Å². The van der Waals surface area contributed by atoms with Gasteiger partial charge in [0.15, 0.2) is 0 Å². The van der Waals surface area contributed by atoms with Gasteiger partial charge < -0.3 is 11.1 Å². The molecule has 1 rings (SSSR count). The van der Waals surface area contributed by atoms with Crippen molar-refractivity contribution in [3.05, 3.63) is 0 Å². The van der Waals surface area contributed by atoms with Crippen LogP contribution in [0.1, 0.15) is 45.4 Å². The average Bonchev–Trinajstić information content (AvgIpc) is 2.56. The summed E-state index contributed by atoms with van der Waals surface area (Å²) < 4.78 is 11.7. The maximum absolute atomic E-state index is 11.7. The molecule has 2 atom stereocenters. The lowest BCUT2D eigenvalue weighted by Crippen LogP contribution is -2.39. The first-order valence-electron chi connectivity index (χ1n) is 6.50. The van der Waals surface area contributed by atoms with Crippen LogP contribution in [0.2, 0.25) is 0 Å². The zero-order valence-corrected chi connectivity index (χ0v) is 11.4. The van der Waals surface area contributed by atoms with E-state index in [1.54, 1.807) is 0 Å². The third kappa shape index (κ3) is 5.64. The highest BCUT2D eigenvalue weighted by Crippen LogP contribution is 2.17. The van der Waals surface area contributed by atoms with Crippen LogP contribution in [0.5, 0.6) is 0 Å². The van der Waals surface area contributed by atoms with E-state index in [1.807, 2.05) is 6.92 Å². The van der Waals surface area contributed by atoms with Crippen LogP contribution in [0.3, 0.4) is 0 Å². The van der Waals surface area contributed by atoms with Gasteiger partial charge in [-0.05, 0) is 19.8 Å². The molecule has 2 unspecified atom stereocenters. The summed E-state index contributed by atoms with van der Waals surface area (Å²) in [5, 5.41) is 2.89. The molecule has 0 aromatic heterocycles. The fourth-order valence-electron chi connectivity index (χ4n) is 2.07. The summed E-state index contributed by atoms with van der Waals surface area (Å²) in [7, 11) is -1.14. The van der Waals surface area contributed by atoms with Crippen LogP contribution in [0.15, 0.2) is 0 Å². The van der Waals surface area contributed by atoms with Crippen molar-refractivity contribution < 1.29 is 9.00 Å². The Morgan fingerprint density at radius 1 is 1.35 bits per heavy atom. The van der Waals surface area contributed by atoms with Crippen molar-refractivity contribution in [2.24, 2.45) is 5.73 Å². The minimum Gasteiger partial charge on any atom is -0.353 e. The van der Waals surface area contributed by atoms with Crippen molar-refractivity contribution >= 4 is 16.7 Å². The topological polar surface area (TPSA) is 72.2 Å². The molecule has 1 aliphatic carbocycles. The average molecular weight is 260 g/mol. The fourth-order valence-corrected chi connectivity index (χ4v) is 2.91. The van der Waals surface area contributed by atoms with Crippen LogP contribution in [-0.2, 0) is 15.6 Å². The molecule has 0 bridgehead atoms. The molecule has 0 aliphatic heterocycles. The van der Waals surface area contributed by atoms with E-state index in [0.29, 0.717) is 6.54 Å². The van der Waals surface area contributed by atoms with Crippen molar-refractivity contribution in [2.75, 3.05) is 12.3 Å². The summed E-state index contributed by atoms with van der Waals surface area (Å²) in [6.07, 6.45) is 7.03. The highest BCUT2D eigenvalue weighted by Gasteiger charge is 2.18. The number of amides is 1. The van der Waals surface area contributed by atoms with Crippen LogP contribution in [0.25, 0.3) is 0 Å². The van der Waals surface area contributed by atoms with Gasteiger partial charge in [-0.25, -0.2) is 0 Å². The van der Waals surface area contributed by atoms with Crippen molar-refractivity contribution in [3.8, 4) is 0 Å². The molecule has 4 nitrogen and oxygen atoms in total. The molecular weight excluding hydrogens is 236 g/mol. The maximum Gasteiger partial charge on any atom is 0.232 e. The predicted molar refractivity (Wildman–Crippen MR) is 71.2 cm³/mol. The summed E-state index contributed by atoms with van der Waals surface area (Å²) in [6, 6.07) is 0.287. The lowest BCUT2D eigenvalue weighted by atomic mass is 10.1. The summed E-state index contributed by atoms with van der Waals surface area (Å²) in [6.45, 7) is 2.18. The van der Waals surface area contributed by atoms with E-state index < -0.39 is 10.8 Å². The van der Waals surface area contributed by atoms with Gasteiger partial charge in [-0.3, -0.25) is 9.00 Å². The van der Waals surface area contributed by atoms with E-state index in [4.69, 9.17) is 5.73 Å². The molecule has 3 N–H and O–H groups in total. The minimum atomic E-state index is -1.14. The third-order valence-electron chi connectivity index (χ3n) is 3.27. The Bertz CT molecular complexity index is 263. The molecule has 17 heavy (non-hydrogen) atoms. The van der Waals surface area contributed by atoms with Gasteiger partial charge in [0.1, 0.15) is 5.75 Å². The Kier molecular flexibility index (Phi) is 6.73. The quantitative estimate of drug-likeness (QED) is 0.722. The monoisotopic (exact) mass is 260 g/mol. The molecule has 0 aromatic carbocycles. The van der Waals surface area contributed by atoms with Crippen molar-refractivity contribution in [1.82, 2.24) is 5.32 Å². The number of nitrogens with two attached hydrogens (primary N) is 1. The second-order valence-electron chi connectivity index (χ2n) is 4.83. The first-order valence-corrected chi connectivity index (χ1v) is 7.88. The van der Waals surface area contributed by atoms with Crippen LogP contribution in [-0.4, -0.2) is 33.7 Å². The molecule has 1 amide bonds. The maximum atomic E-state index is 11.7. The van der Waals surface area contributed by atoms with Gasteiger partial charge in [0.25, 0.3) is 0 Å². The van der Waals surface area contributed by atoms with Crippen LogP contribution < -0.4 is 11.1 Å². The van der Waals surface area contributed by atoms with Gasteiger partial charge in [0.2, 0.25) is 5.91 Å². The Hall–Kier alpha value is -0.420. The number of carbonyl (C=O) groups is 1. The first kappa shape index (κ1) is 14.6. The number of hydrogen-bond donors (Lipinski definition) is 2. The van der Waals surface area contributed by atoms with Gasteiger partial charge in [-0.15, -0.1) is 0 Å². The van der Waals surface area contributed by atoms with Gasteiger partial charge in [-0.2, -0.15) is 0 Å². The molecule has 0 spiro atoms. The summed E-state index contributed by atoms with van der Waals surface area (Å²) >= 11 is 0. The van der Waals surface area contributed by atoms with E-state index in [0.717, 1.165) is 12.8 Å². The number of nitrogens with one attached hydrogen (secondary N) is 1. The lowest BCUT2D eigenvalue weighted by Gasteiger charge is -2.16. The number of carbonyl (C=O) groups excluding carboxylic acids is 1. The van der Waals surface area contributed by atoms with Crippen molar-refractivity contribution in [1.29, 1.82) is 0 Å². The second-order valence-corrected chi connectivity index (χ2v) is 6.68. The standard InChI is InChI=1S/C12H24N2O2S/c1-10(8-13)17(16)9-12(15)14-11-6-4-2-3-5-7-11/h10-11H,2-9,13H2,1H3,(H,14,15). The normalized spacial score (nSPS) is 21.5. The molecule has 1 aliphatic rings. The largest absolute Gasteiger partial charge is 0.353 e. The van der Waals surface area contributed by atoms with Gasteiger partial charge in [-0.1, -0.05) is 25.7 Å². The second kappa shape index (κ2) is 7.82. The molecule has 100 valence electrons.